The third kappa shape index (κ3) is 3.60. The van der Waals surface area contributed by atoms with E-state index < -0.39 is 41.9 Å². The molecule has 6 nitrogen and oxygen atoms in total. The van der Waals surface area contributed by atoms with Gasteiger partial charge in [0.15, 0.2) is 11.6 Å². The maximum Gasteiger partial charge on any atom is 0.159 e. The van der Waals surface area contributed by atoms with Crippen molar-refractivity contribution >= 4 is 5.82 Å². The summed E-state index contributed by atoms with van der Waals surface area (Å²) in [6.07, 6.45) is -1.80. The van der Waals surface area contributed by atoms with Crippen molar-refractivity contribution in [3.05, 3.63) is 53.5 Å². The molecule has 0 radical (unpaired) electrons. The summed E-state index contributed by atoms with van der Waals surface area (Å²) in [7, 11) is 0. The molecule has 0 bridgehead atoms. The van der Waals surface area contributed by atoms with Gasteiger partial charge < -0.3 is 20.6 Å². The Morgan fingerprint density at radius 2 is 1.92 bits per heavy atom. The summed E-state index contributed by atoms with van der Waals surface area (Å²) < 4.78 is 26.4. The zero-order valence-corrected chi connectivity index (χ0v) is 13.5. The fourth-order valence-corrected chi connectivity index (χ4v) is 3.19. The van der Waals surface area contributed by atoms with Crippen molar-refractivity contribution in [1.82, 2.24) is 9.97 Å². The number of aromatic nitrogens is 2. The van der Waals surface area contributed by atoms with Gasteiger partial charge in [0.1, 0.15) is 17.7 Å². The van der Waals surface area contributed by atoms with E-state index in [0.29, 0.717) is 11.6 Å². The van der Waals surface area contributed by atoms with Crippen LogP contribution in [0.5, 0.6) is 0 Å². The zero-order chi connectivity index (χ0) is 18.1. The number of nitrogens with one attached hydrogen (secondary N) is 1. The summed E-state index contributed by atoms with van der Waals surface area (Å²) in [6, 6.07) is 4.16. The average molecular weight is 351 g/mol. The van der Waals surface area contributed by atoms with E-state index in [0.717, 1.165) is 12.1 Å². The van der Waals surface area contributed by atoms with E-state index in [-0.39, 0.29) is 12.0 Å². The van der Waals surface area contributed by atoms with Gasteiger partial charge >= 0.3 is 0 Å². The largest absolute Gasteiger partial charge is 0.390 e. The fraction of sp³-hybridized carbons (Fsp3) is 0.412. The minimum atomic E-state index is -1.24. The second kappa shape index (κ2) is 6.99. The predicted octanol–water partition coefficient (Wildman–Crippen LogP) is 1.32. The normalized spacial score (nSPS) is 27.3. The first-order chi connectivity index (χ1) is 11.9. The minimum absolute atomic E-state index is 0.147. The highest BCUT2D eigenvalue weighted by Gasteiger charge is 2.45. The van der Waals surface area contributed by atoms with Crippen molar-refractivity contribution in [3.63, 3.8) is 0 Å². The van der Waals surface area contributed by atoms with Crippen LogP contribution in [-0.2, 0) is 0 Å². The Hall–Kier alpha value is -2.16. The molecule has 1 aromatic carbocycles. The highest BCUT2D eigenvalue weighted by molar-refractivity contribution is 5.36. The summed E-state index contributed by atoms with van der Waals surface area (Å²) in [4.78, 5) is 8.15. The number of aliphatic hydroxyl groups excluding tert-OH is 3. The summed E-state index contributed by atoms with van der Waals surface area (Å²) in [5.41, 5.74) is 0.147. The van der Waals surface area contributed by atoms with Crippen LogP contribution in [0.1, 0.15) is 23.9 Å². The van der Waals surface area contributed by atoms with Gasteiger partial charge in [-0.1, -0.05) is 6.07 Å². The van der Waals surface area contributed by atoms with E-state index in [1.165, 1.54) is 6.07 Å². The van der Waals surface area contributed by atoms with Crippen LogP contribution in [0.2, 0.25) is 0 Å². The van der Waals surface area contributed by atoms with Crippen LogP contribution in [0.4, 0.5) is 14.6 Å². The molecule has 0 aliphatic heterocycles. The summed E-state index contributed by atoms with van der Waals surface area (Å²) in [5, 5.41) is 34.0. The smallest absolute Gasteiger partial charge is 0.159 e. The number of halogens is 2. The Morgan fingerprint density at radius 1 is 1.16 bits per heavy atom. The van der Waals surface area contributed by atoms with E-state index in [9.17, 15) is 24.1 Å². The zero-order valence-electron chi connectivity index (χ0n) is 13.5. The molecule has 1 heterocycles. The van der Waals surface area contributed by atoms with E-state index in [4.69, 9.17) is 0 Å². The van der Waals surface area contributed by atoms with Gasteiger partial charge in [0.05, 0.1) is 18.2 Å². The van der Waals surface area contributed by atoms with E-state index >= 15 is 0 Å². The molecule has 0 spiro atoms. The maximum absolute atomic E-state index is 13.4. The molecule has 0 amide bonds. The molecule has 2 aromatic rings. The number of aliphatic hydroxyl groups is 3. The van der Waals surface area contributed by atoms with Crippen LogP contribution < -0.4 is 5.32 Å². The number of hydrogen-bond donors (Lipinski definition) is 4. The molecule has 25 heavy (non-hydrogen) atoms. The third-order valence-electron chi connectivity index (χ3n) is 4.53. The molecular weight excluding hydrogens is 332 g/mol. The Balaban J connectivity index is 1.75. The van der Waals surface area contributed by atoms with Crippen molar-refractivity contribution in [3.8, 4) is 0 Å². The van der Waals surface area contributed by atoms with Crippen molar-refractivity contribution in [2.75, 3.05) is 5.32 Å². The van der Waals surface area contributed by atoms with Crippen LogP contribution in [0.25, 0.3) is 0 Å². The van der Waals surface area contributed by atoms with Crippen LogP contribution in [0, 0.1) is 24.5 Å². The van der Waals surface area contributed by atoms with Gasteiger partial charge in [0.25, 0.3) is 0 Å². The van der Waals surface area contributed by atoms with Crippen LogP contribution >= 0.6 is 0 Å². The van der Waals surface area contributed by atoms with E-state index in [1.807, 2.05) is 0 Å². The van der Waals surface area contributed by atoms with Gasteiger partial charge in [-0.05, 0) is 37.1 Å². The maximum atomic E-state index is 13.4. The second-order valence-corrected chi connectivity index (χ2v) is 6.24. The molecule has 1 aliphatic rings. The molecule has 1 aliphatic carbocycles. The van der Waals surface area contributed by atoms with Crippen molar-refractivity contribution < 1.29 is 24.1 Å². The van der Waals surface area contributed by atoms with Gasteiger partial charge in [-0.25, -0.2) is 18.7 Å². The van der Waals surface area contributed by atoms with Crippen molar-refractivity contribution in [1.29, 1.82) is 0 Å². The number of anilines is 1. The number of rotatable bonds is 4. The lowest BCUT2D eigenvalue weighted by atomic mass is 9.92. The number of aryl methyl sites for hydroxylation is 1. The first-order valence-corrected chi connectivity index (χ1v) is 7.92. The summed E-state index contributed by atoms with van der Waals surface area (Å²) >= 11 is 0. The molecule has 8 heteroatoms. The average Bonchev–Trinajstić information content (AvgIpc) is 2.85. The molecule has 1 saturated carbocycles. The summed E-state index contributed by atoms with van der Waals surface area (Å²) in [6.45, 7) is 1.72. The Kier molecular flexibility index (Phi) is 4.94. The Labute approximate surface area is 143 Å². The Morgan fingerprint density at radius 3 is 2.60 bits per heavy atom. The van der Waals surface area contributed by atoms with Crippen LogP contribution in [-0.4, -0.2) is 43.5 Å². The monoisotopic (exact) mass is 351 g/mol. The highest BCUT2D eigenvalue weighted by Crippen LogP contribution is 2.37. The van der Waals surface area contributed by atoms with Gasteiger partial charge in [-0.2, -0.15) is 0 Å². The Bertz CT molecular complexity index is 762. The van der Waals surface area contributed by atoms with E-state index in [2.05, 4.69) is 15.3 Å². The second-order valence-electron chi connectivity index (χ2n) is 6.24. The van der Waals surface area contributed by atoms with Crippen LogP contribution in [0.15, 0.2) is 30.5 Å². The molecule has 1 fully saturated rings. The minimum Gasteiger partial charge on any atom is -0.390 e. The lowest BCUT2D eigenvalue weighted by molar-refractivity contribution is -0.0222. The van der Waals surface area contributed by atoms with Gasteiger partial charge in [-0.3, -0.25) is 0 Å². The lowest BCUT2D eigenvalue weighted by Crippen LogP contribution is -2.36. The molecule has 134 valence electrons. The fourth-order valence-electron chi connectivity index (χ4n) is 3.19. The predicted molar refractivity (Wildman–Crippen MR) is 85.6 cm³/mol. The lowest BCUT2D eigenvalue weighted by Gasteiger charge is -2.22. The van der Waals surface area contributed by atoms with Crippen molar-refractivity contribution in [2.24, 2.45) is 5.92 Å². The first kappa shape index (κ1) is 17.7. The highest BCUT2D eigenvalue weighted by atomic mass is 19.2. The molecular formula is C17H19F2N3O3. The summed E-state index contributed by atoms with van der Waals surface area (Å²) in [5.74, 6) is -1.78. The molecule has 0 saturated heterocycles. The molecule has 5 atom stereocenters. The quantitative estimate of drug-likeness (QED) is 0.663. The molecule has 3 rings (SSSR count). The van der Waals surface area contributed by atoms with Gasteiger partial charge in [-0.15, -0.1) is 0 Å². The number of benzene rings is 1. The van der Waals surface area contributed by atoms with E-state index in [1.54, 1.807) is 19.2 Å². The SMILES string of the molecule is Cc1nccc(N[C@@H]2C[C@H]([C@@H](O)c3ccc(F)c(F)c3)[C@@H](O)[C@H]2O)n1. The standard InChI is InChI=1S/C17H19F2N3O3/c1-8-20-5-4-14(21-8)22-13-7-10(16(24)17(13)25)15(23)9-2-3-11(18)12(19)6-9/h2-6,10,13,15-17,23-25H,7H2,1H3,(H,20,21,22)/t10-,13-,15+,16-,17+/m1/s1. The first-order valence-electron chi connectivity index (χ1n) is 7.92. The molecule has 4 N–H and O–H groups in total. The third-order valence-corrected chi connectivity index (χ3v) is 4.53. The van der Waals surface area contributed by atoms with Gasteiger partial charge in [0.2, 0.25) is 0 Å². The van der Waals surface area contributed by atoms with Crippen LogP contribution in [0.3, 0.4) is 0 Å². The molecule has 1 aromatic heterocycles. The van der Waals surface area contributed by atoms with Gasteiger partial charge in [0, 0.05) is 12.1 Å². The van der Waals surface area contributed by atoms with Crippen molar-refractivity contribution in [2.45, 2.75) is 37.7 Å². The number of nitrogens with zero attached hydrogens (tertiary/aromatic N) is 2. The molecule has 0 unspecified atom stereocenters. The topological polar surface area (TPSA) is 98.5 Å². The number of hydrogen-bond acceptors (Lipinski definition) is 6.